The van der Waals surface area contributed by atoms with Gasteiger partial charge in [-0.15, -0.1) is 11.3 Å². The molecule has 148 valence electrons. The van der Waals surface area contributed by atoms with Gasteiger partial charge in [-0.3, -0.25) is 14.7 Å². The van der Waals surface area contributed by atoms with Crippen LogP contribution in [0.4, 0.5) is 0 Å². The van der Waals surface area contributed by atoms with Crippen molar-refractivity contribution in [2.45, 2.75) is 0 Å². The van der Waals surface area contributed by atoms with Gasteiger partial charge >= 0.3 is 0 Å². The van der Waals surface area contributed by atoms with Crippen LogP contribution >= 0.6 is 11.3 Å². The van der Waals surface area contributed by atoms with Crippen LogP contribution in [0.15, 0.2) is 46.7 Å². The van der Waals surface area contributed by atoms with Crippen LogP contribution in [0.2, 0.25) is 0 Å². The van der Waals surface area contributed by atoms with Gasteiger partial charge in [-0.1, -0.05) is 0 Å². The van der Waals surface area contributed by atoms with Gasteiger partial charge in [0, 0.05) is 35.9 Å². The molecule has 4 aromatic rings. The van der Waals surface area contributed by atoms with Crippen LogP contribution in [0.1, 0.15) is 0 Å². The molecule has 1 aliphatic rings. The Bertz CT molecular complexity index is 1210. The number of rotatable bonds is 5. The third-order valence-electron chi connectivity index (χ3n) is 5.04. The Morgan fingerprint density at radius 3 is 3.00 bits per heavy atom. The van der Waals surface area contributed by atoms with E-state index in [0.717, 1.165) is 42.9 Å². The minimum absolute atomic E-state index is 0.197. The fourth-order valence-electron chi connectivity index (χ4n) is 3.43. The lowest BCUT2D eigenvalue weighted by atomic mass is 10.2. The third kappa shape index (κ3) is 3.87. The maximum atomic E-state index is 12.7. The van der Waals surface area contributed by atoms with Crippen molar-refractivity contribution in [3.8, 4) is 17.3 Å². The summed E-state index contributed by atoms with van der Waals surface area (Å²) in [6.45, 7) is 4.81. The highest BCUT2D eigenvalue weighted by atomic mass is 32.1. The first-order valence-electron chi connectivity index (χ1n) is 9.57. The summed E-state index contributed by atoms with van der Waals surface area (Å²) in [5, 5.41) is 3.61. The predicted molar refractivity (Wildman–Crippen MR) is 114 cm³/mol. The molecule has 3 aromatic heterocycles. The average Bonchev–Trinajstić information content (AvgIpc) is 3.23. The fraction of sp³-hybridized carbons (Fsp3) is 0.286. The van der Waals surface area contributed by atoms with Crippen LogP contribution in [0.25, 0.3) is 32.5 Å². The van der Waals surface area contributed by atoms with Gasteiger partial charge in [-0.2, -0.15) is 0 Å². The van der Waals surface area contributed by atoms with Gasteiger partial charge in [0.1, 0.15) is 18.1 Å². The lowest BCUT2D eigenvalue weighted by Gasteiger charge is -2.26. The van der Waals surface area contributed by atoms with Crippen molar-refractivity contribution in [2.24, 2.45) is 0 Å². The molecule has 0 atom stereocenters. The third-order valence-corrected chi connectivity index (χ3v) is 5.92. The van der Waals surface area contributed by atoms with Crippen molar-refractivity contribution in [3.05, 3.63) is 52.3 Å². The van der Waals surface area contributed by atoms with Gasteiger partial charge in [-0.25, -0.2) is 4.98 Å². The molecule has 1 N–H and O–H groups in total. The number of morpholine rings is 1. The van der Waals surface area contributed by atoms with Crippen LogP contribution in [0.5, 0.6) is 5.75 Å². The Balaban J connectivity index is 1.36. The lowest BCUT2D eigenvalue weighted by Crippen LogP contribution is -2.38. The van der Waals surface area contributed by atoms with Gasteiger partial charge < -0.3 is 14.5 Å². The zero-order valence-electron chi connectivity index (χ0n) is 15.8. The summed E-state index contributed by atoms with van der Waals surface area (Å²) in [6.07, 6.45) is 1.80. The Labute approximate surface area is 170 Å². The second-order valence-corrected chi connectivity index (χ2v) is 7.87. The fourth-order valence-corrected chi connectivity index (χ4v) is 4.23. The number of hydrogen-bond donors (Lipinski definition) is 1. The Hall–Kier alpha value is -2.81. The number of H-pyrrole nitrogens is 1. The van der Waals surface area contributed by atoms with Crippen molar-refractivity contribution < 1.29 is 9.47 Å². The lowest BCUT2D eigenvalue weighted by molar-refractivity contribution is 0.0322. The molecule has 0 saturated carbocycles. The molecule has 8 heteroatoms. The number of thiophene rings is 1. The maximum absolute atomic E-state index is 12.7. The monoisotopic (exact) mass is 408 g/mol. The molecule has 0 bridgehead atoms. The van der Waals surface area contributed by atoms with E-state index in [4.69, 9.17) is 9.47 Å². The molecule has 0 unspecified atom stereocenters. The molecular weight excluding hydrogens is 388 g/mol. The van der Waals surface area contributed by atoms with Crippen molar-refractivity contribution >= 4 is 32.3 Å². The number of ether oxygens (including phenoxy) is 2. The largest absolute Gasteiger partial charge is 0.492 e. The van der Waals surface area contributed by atoms with E-state index in [1.54, 1.807) is 23.6 Å². The van der Waals surface area contributed by atoms with Crippen molar-refractivity contribution in [1.29, 1.82) is 0 Å². The average molecular weight is 408 g/mol. The Kier molecular flexibility index (Phi) is 4.97. The number of aromatic amines is 1. The minimum atomic E-state index is -0.197. The maximum Gasteiger partial charge on any atom is 0.259 e. The molecule has 7 nitrogen and oxygen atoms in total. The van der Waals surface area contributed by atoms with E-state index in [-0.39, 0.29) is 5.56 Å². The minimum Gasteiger partial charge on any atom is -0.492 e. The molecule has 1 fully saturated rings. The van der Waals surface area contributed by atoms with E-state index in [2.05, 4.69) is 19.9 Å². The standard InChI is InChI=1S/C21H20N4O3S/c26-21-16-11-15(28-9-6-25-4-7-27-8-5-25)1-2-17(16)23-20(24-21)18-12-19-14(13-22-18)3-10-29-19/h1-3,10-13H,4-9H2,(H,23,24,26). The molecular formula is C21H20N4O3S. The van der Waals surface area contributed by atoms with Crippen LogP contribution in [0.3, 0.4) is 0 Å². The van der Waals surface area contributed by atoms with Gasteiger partial charge in [0.05, 0.1) is 24.1 Å². The molecule has 4 heterocycles. The quantitative estimate of drug-likeness (QED) is 0.547. The number of pyridine rings is 1. The molecule has 1 aliphatic heterocycles. The highest BCUT2D eigenvalue weighted by Crippen LogP contribution is 2.24. The van der Waals surface area contributed by atoms with Gasteiger partial charge in [-0.05, 0) is 35.7 Å². The van der Waals surface area contributed by atoms with Crippen LogP contribution in [-0.2, 0) is 4.74 Å². The van der Waals surface area contributed by atoms with E-state index in [1.807, 2.05) is 29.6 Å². The first-order valence-corrected chi connectivity index (χ1v) is 10.4. The molecule has 5 rings (SSSR count). The summed E-state index contributed by atoms with van der Waals surface area (Å²) in [5.74, 6) is 1.14. The van der Waals surface area contributed by atoms with Gasteiger partial charge in [0.25, 0.3) is 5.56 Å². The zero-order valence-corrected chi connectivity index (χ0v) is 16.6. The number of hydrogen-bond acceptors (Lipinski definition) is 7. The zero-order chi connectivity index (χ0) is 19.6. The number of aromatic nitrogens is 3. The molecule has 29 heavy (non-hydrogen) atoms. The number of benzene rings is 1. The molecule has 1 saturated heterocycles. The number of nitrogens with one attached hydrogen (secondary N) is 1. The predicted octanol–water partition coefficient (Wildman–Crippen LogP) is 2.91. The molecule has 0 radical (unpaired) electrons. The van der Waals surface area contributed by atoms with E-state index in [1.165, 1.54) is 0 Å². The van der Waals surface area contributed by atoms with E-state index >= 15 is 0 Å². The number of nitrogens with zero attached hydrogens (tertiary/aromatic N) is 3. The van der Waals surface area contributed by atoms with Gasteiger partial charge in [0.2, 0.25) is 0 Å². The van der Waals surface area contributed by atoms with Crippen molar-refractivity contribution in [3.63, 3.8) is 0 Å². The Morgan fingerprint density at radius 1 is 1.21 bits per heavy atom. The van der Waals surface area contributed by atoms with Crippen molar-refractivity contribution in [2.75, 3.05) is 39.5 Å². The smallest absolute Gasteiger partial charge is 0.259 e. The molecule has 1 aromatic carbocycles. The second-order valence-electron chi connectivity index (χ2n) is 6.92. The highest BCUT2D eigenvalue weighted by Gasteiger charge is 2.11. The van der Waals surface area contributed by atoms with Crippen LogP contribution in [-0.4, -0.2) is 59.3 Å². The summed E-state index contributed by atoms with van der Waals surface area (Å²) in [6, 6.07) is 9.40. The SMILES string of the molecule is O=c1[nH]c(-c2cc3sccc3cn2)nc2ccc(OCCN3CCOCC3)cc12. The summed E-state index contributed by atoms with van der Waals surface area (Å²) < 4.78 is 12.3. The summed E-state index contributed by atoms with van der Waals surface area (Å²) in [4.78, 5) is 26.9. The molecule has 0 amide bonds. The second kappa shape index (κ2) is 7.90. The summed E-state index contributed by atoms with van der Waals surface area (Å²) in [5.41, 5.74) is 1.08. The van der Waals surface area contributed by atoms with E-state index in [9.17, 15) is 4.79 Å². The Morgan fingerprint density at radius 2 is 2.10 bits per heavy atom. The molecule has 0 spiro atoms. The topological polar surface area (TPSA) is 80.3 Å². The van der Waals surface area contributed by atoms with E-state index in [0.29, 0.717) is 34.8 Å². The highest BCUT2D eigenvalue weighted by molar-refractivity contribution is 7.17. The van der Waals surface area contributed by atoms with Crippen molar-refractivity contribution in [1.82, 2.24) is 19.9 Å². The van der Waals surface area contributed by atoms with Gasteiger partial charge in [0.15, 0.2) is 5.82 Å². The van der Waals surface area contributed by atoms with E-state index < -0.39 is 0 Å². The first kappa shape index (κ1) is 18.2. The van der Waals surface area contributed by atoms with Crippen LogP contribution < -0.4 is 10.3 Å². The summed E-state index contributed by atoms with van der Waals surface area (Å²) >= 11 is 1.64. The first-order chi connectivity index (χ1) is 14.3. The van der Waals surface area contributed by atoms with Crippen LogP contribution in [0, 0.1) is 0 Å². The molecule has 0 aliphatic carbocycles. The number of fused-ring (bicyclic) bond motifs is 2. The normalized spacial score (nSPS) is 15.2. The summed E-state index contributed by atoms with van der Waals surface area (Å²) in [7, 11) is 0.